The molecule has 1 atom stereocenters. The number of hydrogen-bond acceptors (Lipinski definition) is 4. The molecular weight excluding hydrogens is 325 g/mol. The van der Waals surface area contributed by atoms with Gasteiger partial charge in [-0.25, -0.2) is 0 Å². The van der Waals surface area contributed by atoms with E-state index in [4.69, 9.17) is 4.52 Å². The van der Waals surface area contributed by atoms with Crippen LogP contribution in [-0.4, -0.2) is 17.4 Å². The summed E-state index contributed by atoms with van der Waals surface area (Å²) < 4.78 is 45.3. The van der Waals surface area contributed by atoms with E-state index < -0.39 is 12.3 Å². The first-order valence-electron chi connectivity index (χ1n) is 7.46. The van der Waals surface area contributed by atoms with Gasteiger partial charge in [-0.15, -0.1) is 13.2 Å². The lowest BCUT2D eigenvalue weighted by molar-refractivity contribution is -0.274. The molecule has 0 saturated carbocycles. The number of anilines is 1. The molecule has 8 heteroatoms. The van der Waals surface area contributed by atoms with E-state index in [1.54, 1.807) is 0 Å². The van der Waals surface area contributed by atoms with Gasteiger partial charge in [0.15, 0.2) is 5.69 Å². The van der Waals surface area contributed by atoms with E-state index in [0.29, 0.717) is 11.6 Å². The van der Waals surface area contributed by atoms with Crippen molar-refractivity contribution in [3.05, 3.63) is 41.3 Å². The molecule has 1 N–H and O–H groups in total. The number of halogens is 3. The number of carbonyl (C=O) groups is 1. The second-order valence-corrected chi connectivity index (χ2v) is 5.81. The first kappa shape index (κ1) is 16.4. The quantitative estimate of drug-likeness (QED) is 0.919. The largest absolute Gasteiger partial charge is 0.573 e. The first-order valence-corrected chi connectivity index (χ1v) is 7.46. The minimum atomic E-state index is -4.75. The minimum Gasteiger partial charge on any atom is -0.406 e. The summed E-state index contributed by atoms with van der Waals surface area (Å²) in [5.41, 5.74) is 1.38. The Bertz CT molecular complexity index is 738. The SMILES string of the molecule is C[C@H]1CCc2onc(C(=O)Nc3ccc(OC(F)(F)F)cc3)c2C1. The normalized spacial score (nSPS) is 17.2. The van der Waals surface area contributed by atoms with Crippen LogP contribution in [0.5, 0.6) is 5.75 Å². The molecule has 0 unspecified atom stereocenters. The third kappa shape index (κ3) is 3.69. The molecule has 24 heavy (non-hydrogen) atoms. The standard InChI is InChI=1S/C16H15F3N2O3/c1-9-2-7-13-12(8-9)14(21-24-13)15(22)20-10-3-5-11(6-4-10)23-16(17,18)19/h3-6,9H,2,7-8H2,1H3,(H,20,22)/t9-/m0/s1. The molecule has 1 amide bonds. The Kier molecular flexibility index (Phi) is 4.21. The number of aromatic nitrogens is 1. The van der Waals surface area contributed by atoms with Crippen LogP contribution in [-0.2, 0) is 12.8 Å². The number of amides is 1. The maximum absolute atomic E-state index is 12.3. The Labute approximate surface area is 135 Å². The Balaban J connectivity index is 1.70. The Morgan fingerprint density at radius 1 is 1.33 bits per heavy atom. The molecule has 0 spiro atoms. The van der Waals surface area contributed by atoms with Gasteiger partial charge in [0, 0.05) is 17.7 Å². The van der Waals surface area contributed by atoms with Gasteiger partial charge in [0.25, 0.3) is 5.91 Å². The number of carbonyl (C=O) groups excluding carboxylic acids is 1. The first-order chi connectivity index (χ1) is 11.3. The fourth-order valence-electron chi connectivity index (χ4n) is 2.69. The van der Waals surface area contributed by atoms with Crippen LogP contribution in [0.3, 0.4) is 0 Å². The summed E-state index contributed by atoms with van der Waals surface area (Å²) in [5.74, 6) is 0.376. The number of nitrogens with zero attached hydrogens (tertiary/aromatic N) is 1. The Hall–Kier alpha value is -2.51. The van der Waals surface area contributed by atoms with Gasteiger partial charge in [-0.2, -0.15) is 0 Å². The molecule has 0 aliphatic heterocycles. The molecule has 5 nitrogen and oxygen atoms in total. The van der Waals surface area contributed by atoms with Crippen molar-refractivity contribution in [1.82, 2.24) is 5.16 Å². The highest BCUT2D eigenvalue weighted by Gasteiger charge is 2.31. The Morgan fingerprint density at radius 2 is 2.04 bits per heavy atom. The van der Waals surface area contributed by atoms with E-state index in [2.05, 4.69) is 22.1 Å². The van der Waals surface area contributed by atoms with Gasteiger partial charge in [0.05, 0.1) is 0 Å². The van der Waals surface area contributed by atoms with Crippen molar-refractivity contribution in [3.8, 4) is 5.75 Å². The Morgan fingerprint density at radius 3 is 2.71 bits per heavy atom. The molecule has 1 aromatic heterocycles. The van der Waals surface area contributed by atoms with Crippen LogP contribution in [0.25, 0.3) is 0 Å². The van der Waals surface area contributed by atoms with Crippen LogP contribution < -0.4 is 10.1 Å². The zero-order valence-electron chi connectivity index (χ0n) is 12.8. The van der Waals surface area contributed by atoms with E-state index in [-0.39, 0.29) is 11.4 Å². The van der Waals surface area contributed by atoms with E-state index in [0.717, 1.165) is 42.7 Å². The summed E-state index contributed by atoms with van der Waals surface area (Å²) in [7, 11) is 0. The summed E-state index contributed by atoms with van der Waals surface area (Å²) in [6.45, 7) is 2.09. The van der Waals surface area contributed by atoms with Crippen molar-refractivity contribution >= 4 is 11.6 Å². The zero-order valence-corrected chi connectivity index (χ0v) is 12.8. The summed E-state index contributed by atoms with van der Waals surface area (Å²) in [5, 5.41) is 6.43. The van der Waals surface area contributed by atoms with Crippen LogP contribution >= 0.6 is 0 Å². The summed E-state index contributed by atoms with van der Waals surface area (Å²) >= 11 is 0. The molecule has 0 saturated heterocycles. The molecule has 1 aliphatic carbocycles. The van der Waals surface area contributed by atoms with Gasteiger partial charge in [-0.05, 0) is 43.0 Å². The van der Waals surface area contributed by atoms with E-state index >= 15 is 0 Å². The average molecular weight is 340 g/mol. The third-order valence-corrected chi connectivity index (χ3v) is 3.85. The van der Waals surface area contributed by atoms with Crippen molar-refractivity contribution in [1.29, 1.82) is 0 Å². The number of fused-ring (bicyclic) bond motifs is 1. The lowest BCUT2D eigenvalue weighted by Crippen LogP contribution is -2.18. The van der Waals surface area contributed by atoms with Gasteiger partial charge in [-0.3, -0.25) is 4.79 Å². The number of nitrogens with one attached hydrogen (secondary N) is 1. The van der Waals surface area contributed by atoms with Crippen molar-refractivity contribution in [2.45, 2.75) is 32.5 Å². The molecule has 0 fully saturated rings. The fraction of sp³-hybridized carbons (Fsp3) is 0.375. The number of ether oxygens (including phenoxy) is 1. The average Bonchev–Trinajstić information content (AvgIpc) is 2.91. The highest BCUT2D eigenvalue weighted by Crippen LogP contribution is 2.29. The van der Waals surface area contributed by atoms with Gasteiger partial charge in [0.2, 0.25) is 0 Å². The monoisotopic (exact) mass is 340 g/mol. The van der Waals surface area contributed by atoms with Crippen LogP contribution in [0.2, 0.25) is 0 Å². The summed E-state index contributed by atoms with van der Waals surface area (Å²) in [6.07, 6.45) is -2.29. The van der Waals surface area contributed by atoms with Crippen LogP contribution in [0, 0.1) is 5.92 Å². The predicted molar refractivity (Wildman–Crippen MR) is 78.8 cm³/mol. The zero-order chi connectivity index (χ0) is 17.3. The smallest absolute Gasteiger partial charge is 0.406 e. The van der Waals surface area contributed by atoms with Crippen molar-refractivity contribution < 1.29 is 27.2 Å². The van der Waals surface area contributed by atoms with E-state index in [9.17, 15) is 18.0 Å². The molecule has 3 rings (SSSR count). The molecule has 0 bridgehead atoms. The second-order valence-electron chi connectivity index (χ2n) is 5.81. The van der Waals surface area contributed by atoms with Crippen molar-refractivity contribution in [3.63, 3.8) is 0 Å². The minimum absolute atomic E-state index is 0.229. The summed E-state index contributed by atoms with van der Waals surface area (Å²) in [6, 6.07) is 4.91. The molecular formula is C16H15F3N2O3. The van der Waals surface area contributed by atoms with Crippen molar-refractivity contribution in [2.75, 3.05) is 5.32 Å². The summed E-state index contributed by atoms with van der Waals surface area (Å²) in [4.78, 5) is 12.3. The van der Waals surface area contributed by atoms with Crippen LogP contribution in [0.1, 0.15) is 35.2 Å². The van der Waals surface area contributed by atoms with Gasteiger partial charge in [-0.1, -0.05) is 12.1 Å². The predicted octanol–water partition coefficient (Wildman–Crippen LogP) is 3.95. The van der Waals surface area contributed by atoms with E-state index in [1.807, 2.05) is 0 Å². The number of rotatable bonds is 3. The third-order valence-electron chi connectivity index (χ3n) is 3.85. The fourth-order valence-corrected chi connectivity index (χ4v) is 2.69. The van der Waals surface area contributed by atoms with Gasteiger partial charge < -0.3 is 14.6 Å². The lowest BCUT2D eigenvalue weighted by atomic mass is 9.88. The molecule has 128 valence electrons. The maximum atomic E-state index is 12.3. The number of benzene rings is 1. The number of alkyl halides is 3. The second kappa shape index (κ2) is 6.18. The molecule has 1 aromatic carbocycles. The van der Waals surface area contributed by atoms with Crippen LogP contribution in [0.15, 0.2) is 28.8 Å². The maximum Gasteiger partial charge on any atom is 0.573 e. The number of hydrogen-bond donors (Lipinski definition) is 1. The molecule has 2 aromatic rings. The van der Waals surface area contributed by atoms with E-state index in [1.165, 1.54) is 12.1 Å². The van der Waals surface area contributed by atoms with Gasteiger partial charge >= 0.3 is 6.36 Å². The molecule has 1 aliphatic rings. The van der Waals surface area contributed by atoms with Crippen molar-refractivity contribution in [2.24, 2.45) is 5.92 Å². The number of aryl methyl sites for hydroxylation is 1. The molecule has 1 heterocycles. The topological polar surface area (TPSA) is 64.4 Å². The lowest BCUT2D eigenvalue weighted by Gasteiger charge is -2.16. The highest BCUT2D eigenvalue weighted by atomic mass is 19.4. The van der Waals surface area contributed by atoms with Gasteiger partial charge in [0.1, 0.15) is 11.5 Å². The van der Waals surface area contributed by atoms with Crippen LogP contribution in [0.4, 0.5) is 18.9 Å². The highest BCUT2D eigenvalue weighted by molar-refractivity contribution is 6.04. The molecule has 0 radical (unpaired) electrons.